The van der Waals surface area contributed by atoms with Crippen LogP contribution in [0.5, 0.6) is 0 Å². The zero-order chi connectivity index (χ0) is 20.5. The SMILES string of the molecule is Cc1nc(-c2ccc(C(=O)O)cc2)cc(C2CCN(S(=O)(=O)N(C)C)CC2)n1. The average Bonchev–Trinajstić information content (AvgIpc) is 2.67. The molecule has 1 aromatic carbocycles. The molecule has 1 N–H and O–H groups in total. The third-order valence-electron chi connectivity index (χ3n) is 4.95. The molecule has 0 bridgehead atoms. The minimum Gasteiger partial charge on any atom is -0.478 e. The van der Waals surface area contributed by atoms with Crippen molar-refractivity contribution in [2.24, 2.45) is 0 Å². The molecular formula is C19H24N4O4S. The highest BCUT2D eigenvalue weighted by Crippen LogP contribution is 2.30. The first-order valence-corrected chi connectivity index (χ1v) is 10.4. The minimum absolute atomic E-state index is 0.160. The van der Waals surface area contributed by atoms with E-state index in [-0.39, 0.29) is 11.5 Å². The summed E-state index contributed by atoms with van der Waals surface area (Å²) in [5, 5.41) is 9.04. The Hall–Kier alpha value is -2.36. The molecule has 0 spiro atoms. The van der Waals surface area contributed by atoms with E-state index >= 15 is 0 Å². The van der Waals surface area contributed by atoms with Gasteiger partial charge >= 0.3 is 5.97 Å². The van der Waals surface area contributed by atoms with E-state index < -0.39 is 16.2 Å². The molecule has 1 fully saturated rings. The van der Waals surface area contributed by atoms with Crippen molar-refractivity contribution in [2.75, 3.05) is 27.2 Å². The van der Waals surface area contributed by atoms with Gasteiger partial charge in [0, 0.05) is 44.4 Å². The van der Waals surface area contributed by atoms with Crippen LogP contribution in [0.3, 0.4) is 0 Å². The first-order valence-electron chi connectivity index (χ1n) is 9.05. The first kappa shape index (κ1) is 20.4. The molecule has 1 aromatic heterocycles. The van der Waals surface area contributed by atoms with Crippen LogP contribution < -0.4 is 0 Å². The van der Waals surface area contributed by atoms with Gasteiger partial charge in [-0.15, -0.1) is 0 Å². The highest BCUT2D eigenvalue weighted by Gasteiger charge is 2.30. The number of carbonyl (C=O) groups is 1. The summed E-state index contributed by atoms with van der Waals surface area (Å²) in [7, 11) is -0.312. The van der Waals surface area contributed by atoms with Crippen LogP contribution in [0, 0.1) is 6.92 Å². The number of carboxylic acid groups (broad SMARTS) is 1. The van der Waals surface area contributed by atoms with Gasteiger partial charge in [-0.2, -0.15) is 17.0 Å². The van der Waals surface area contributed by atoms with Crippen LogP contribution in [0.25, 0.3) is 11.3 Å². The van der Waals surface area contributed by atoms with Crippen LogP contribution in [0.1, 0.15) is 40.6 Å². The molecule has 2 heterocycles. The topological polar surface area (TPSA) is 104 Å². The molecule has 2 aromatic rings. The van der Waals surface area contributed by atoms with Crippen LogP contribution in [0.4, 0.5) is 0 Å². The summed E-state index contributed by atoms with van der Waals surface area (Å²) in [6, 6.07) is 8.50. The third kappa shape index (κ3) is 4.21. The van der Waals surface area contributed by atoms with Gasteiger partial charge in [-0.3, -0.25) is 0 Å². The normalized spacial score (nSPS) is 16.4. The summed E-state index contributed by atoms with van der Waals surface area (Å²) in [6.45, 7) is 2.73. The molecule has 3 rings (SSSR count). The Morgan fingerprint density at radius 2 is 1.75 bits per heavy atom. The first-order chi connectivity index (χ1) is 13.2. The number of carboxylic acids is 1. The van der Waals surface area contributed by atoms with Crippen LogP contribution in [0.15, 0.2) is 30.3 Å². The van der Waals surface area contributed by atoms with E-state index in [1.54, 1.807) is 24.3 Å². The highest BCUT2D eigenvalue weighted by molar-refractivity contribution is 7.86. The molecule has 1 saturated heterocycles. The van der Waals surface area contributed by atoms with Crippen LogP contribution in [-0.4, -0.2) is 65.3 Å². The van der Waals surface area contributed by atoms with E-state index in [4.69, 9.17) is 5.11 Å². The molecule has 0 radical (unpaired) electrons. The maximum atomic E-state index is 12.3. The van der Waals surface area contributed by atoms with E-state index in [1.807, 2.05) is 13.0 Å². The van der Waals surface area contributed by atoms with E-state index in [2.05, 4.69) is 9.97 Å². The maximum absolute atomic E-state index is 12.3. The fourth-order valence-electron chi connectivity index (χ4n) is 3.34. The van der Waals surface area contributed by atoms with Gasteiger partial charge in [-0.25, -0.2) is 14.8 Å². The lowest BCUT2D eigenvalue weighted by molar-refractivity contribution is 0.0697. The van der Waals surface area contributed by atoms with Crippen LogP contribution >= 0.6 is 0 Å². The standard InChI is InChI=1S/C19H24N4O4S/c1-13-20-17(14-4-6-16(7-5-14)19(24)25)12-18(21-13)15-8-10-23(11-9-15)28(26,27)22(2)3/h4-7,12,15H,8-11H2,1-3H3,(H,24,25). The largest absolute Gasteiger partial charge is 0.478 e. The summed E-state index contributed by atoms with van der Waals surface area (Å²) in [4.78, 5) is 20.1. The second kappa shape index (κ2) is 7.94. The molecule has 0 aliphatic carbocycles. The van der Waals surface area contributed by atoms with Crippen molar-refractivity contribution in [3.63, 3.8) is 0 Å². The molecule has 1 aliphatic rings. The third-order valence-corrected chi connectivity index (χ3v) is 6.89. The van der Waals surface area contributed by atoms with Gasteiger partial charge in [0.15, 0.2) is 0 Å². The minimum atomic E-state index is -3.39. The highest BCUT2D eigenvalue weighted by atomic mass is 32.2. The quantitative estimate of drug-likeness (QED) is 0.819. The molecule has 28 heavy (non-hydrogen) atoms. The molecule has 9 heteroatoms. The number of hydrogen-bond donors (Lipinski definition) is 1. The van der Waals surface area contributed by atoms with Gasteiger partial charge in [0.05, 0.1) is 11.3 Å². The Bertz CT molecular complexity index is 966. The number of aromatic carboxylic acids is 1. The predicted molar refractivity (Wildman–Crippen MR) is 105 cm³/mol. The molecule has 0 unspecified atom stereocenters. The molecule has 0 saturated carbocycles. The number of aromatic nitrogens is 2. The monoisotopic (exact) mass is 404 g/mol. The Labute approximate surface area is 165 Å². The van der Waals surface area contributed by atoms with Crippen molar-refractivity contribution in [2.45, 2.75) is 25.7 Å². The molecule has 0 atom stereocenters. The van der Waals surface area contributed by atoms with Crippen molar-refractivity contribution in [3.05, 3.63) is 47.4 Å². The van der Waals surface area contributed by atoms with E-state index in [0.29, 0.717) is 31.8 Å². The van der Waals surface area contributed by atoms with Gasteiger partial charge < -0.3 is 5.11 Å². The Balaban J connectivity index is 1.80. The maximum Gasteiger partial charge on any atom is 0.335 e. The average molecular weight is 404 g/mol. The number of aryl methyl sites for hydroxylation is 1. The molecule has 150 valence electrons. The lowest BCUT2D eigenvalue weighted by Gasteiger charge is -2.32. The van der Waals surface area contributed by atoms with Crippen molar-refractivity contribution in [3.8, 4) is 11.3 Å². The second-order valence-corrected chi connectivity index (χ2v) is 9.21. The summed E-state index contributed by atoms with van der Waals surface area (Å²) >= 11 is 0. The Morgan fingerprint density at radius 1 is 1.14 bits per heavy atom. The number of nitrogens with zero attached hydrogens (tertiary/aromatic N) is 4. The number of benzene rings is 1. The second-order valence-electron chi connectivity index (χ2n) is 7.07. The molecule has 0 amide bonds. The lowest BCUT2D eigenvalue weighted by Crippen LogP contribution is -2.44. The fraction of sp³-hybridized carbons (Fsp3) is 0.421. The van der Waals surface area contributed by atoms with Crippen LogP contribution in [-0.2, 0) is 10.2 Å². The zero-order valence-corrected chi connectivity index (χ0v) is 17.0. The summed E-state index contributed by atoms with van der Waals surface area (Å²) in [5.74, 6) is -0.170. The van der Waals surface area contributed by atoms with Crippen molar-refractivity contribution >= 4 is 16.2 Å². The van der Waals surface area contributed by atoms with E-state index in [1.165, 1.54) is 22.7 Å². The summed E-state index contributed by atoms with van der Waals surface area (Å²) in [5.41, 5.74) is 2.68. The lowest BCUT2D eigenvalue weighted by atomic mass is 9.93. The number of hydrogen-bond acceptors (Lipinski definition) is 5. The van der Waals surface area contributed by atoms with Crippen molar-refractivity contribution < 1.29 is 18.3 Å². The zero-order valence-electron chi connectivity index (χ0n) is 16.2. The van der Waals surface area contributed by atoms with Gasteiger partial charge in [-0.1, -0.05) is 12.1 Å². The smallest absolute Gasteiger partial charge is 0.335 e. The molecule has 8 nitrogen and oxygen atoms in total. The Kier molecular flexibility index (Phi) is 5.78. The van der Waals surface area contributed by atoms with E-state index in [0.717, 1.165) is 17.0 Å². The molecule has 1 aliphatic heterocycles. The number of piperidine rings is 1. The van der Waals surface area contributed by atoms with E-state index in [9.17, 15) is 13.2 Å². The predicted octanol–water partition coefficient (Wildman–Crippen LogP) is 2.14. The van der Waals surface area contributed by atoms with Gasteiger partial charge in [0.1, 0.15) is 5.82 Å². The molecular weight excluding hydrogens is 380 g/mol. The van der Waals surface area contributed by atoms with Crippen molar-refractivity contribution in [1.29, 1.82) is 0 Å². The summed E-state index contributed by atoms with van der Waals surface area (Å²) < 4.78 is 27.3. The summed E-state index contributed by atoms with van der Waals surface area (Å²) in [6.07, 6.45) is 1.39. The van der Waals surface area contributed by atoms with Gasteiger partial charge in [-0.05, 0) is 38.0 Å². The van der Waals surface area contributed by atoms with Crippen LogP contribution in [0.2, 0.25) is 0 Å². The fourth-order valence-corrected chi connectivity index (χ4v) is 4.48. The van der Waals surface area contributed by atoms with Gasteiger partial charge in [0.2, 0.25) is 0 Å². The Morgan fingerprint density at radius 3 is 2.29 bits per heavy atom. The van der Waals surface area contributed by atoms with Gasteiger partial charge in [0.25, 0.3) is 10.2 Å². The van der Waals surface area contributed by atoms with Crippen molar-refractivity contribution in [1.82, 2.24) is 18.6 Å². The number of rotatable bonds is 5.